The average Bonchev–Trinajstić information content (AvgIpc) is 2.36. The van der Waals surface area contributed by atoms with Crippen LogP contribution in [0.4, 0.5) is 4.39 Å². The van der Waals surface area contributed by atoms with E-state index in [1.807, 2.05) is 13.8 Å². The van der Waals surface area contributed by atoms with Crippen LogP contribution in [-0.4, -0.2) is 23.2 Å². The summed E-state index contributed by atoms with van der Waals surface area (Å²) in [4.78, 5) is 12.0. The molecule has 0 aliphatic rings. The number of carbonyl (C=O) groups is 1. The molecule has 0 fully saturated rings. The van der Waals surface area contributed by atoms with Gasteiger partial charge in [-0.2, -0.15) is 0 Å². The van der Waals surface area contributed by atoms with Gasteiger partial charge in [-0.1, -0.05) is 19.9 Å². The molecule has 1 aromatic carbocycles. The molecule has 0 spiro atoms. The van der Waals surface area contributed by atoms with Gasteiger partial charge in [0.2, 0.25) is 0 Å². The molecule has 0 heterocycles. The highest BCUT2D eigenvalue weighted by molar-refractivity contribution is 5.95. The zero-order valence-electron chi connectivity index (χ0n) is 11.1. The molecule has 0 bridgehead atoms. The van der Waals surface area contributed by atoms with Crippen molar-refractivity contribution in [1.82, 2.24) is 5.32 Å². The zero-order chi connectivity index (χ0) is 13.8. The predicted molar refractivity (Wildman–Crippen MR) is 69.0 cm³/mol. The molecule has 0 radical (unpaired) electrons. The first-order chi connectivity index (χ1) is 8.48. The molecule has 1 rings (SSSR count). The lowest BCUT2D eigenvalue weighted by Gasteiger charge is -2.30. The van der Waals surface area contributed by atoms with E-state index in [0.717, 1.165) is 5.56 Å². The molecule has 0 unspecified atom stereocenters. The number of nitrogens with one attached hydrogen (secondary N) is 1. The Labute approximate surface area is 107 Å². The lowest BCUT2D eigenvalue weighted by atomic mass is 9.93. The third-order valence-corrected chi connectivity index (χ3v) is 3.40. The van der Waals surface area contributed by atoms with Gasteiger partial charge in [0.25, 0.3) is 5.91 Å². The van der Waals surface area contributed by atoms with Crippen LogP contribution >= 0.6 is 0 Å². The summed E-state index contributed by atoms with van der Waals surface area (Å²) in [6.45, 7) is 5.37. The van der Waals surface area contributed by atoms with Crippen LogP contribution < -0.4 is 5.32 Å². The molecule has 3 nitrogen and oxygen atoms in total. The van der Waals surface area contributed by atoms with Crippen molar-refractivity contribution in [2.75, 3.05) is 6.61 Å². The number of amides is 1. The van der Waals surface area contributed by atoms with Crippen LogP contribution in [0.15, 0.2) is 18.2 Å². The van der Waals surface area contributed by atoms with Gasteiger partial charge in [0.05, 0.1) is 17.7 Å². The number of hydrogen-bond acceptors (Lipinski definition) is 2. The van der Waals surface area contributed by atoms with E-state index in [2.05, 4.69) is 5.32 Å². The normalized spacial score (nSPS) is 11.4. The fraction of sp³-hybridized carbons (Fsp3) is 0.500. The van der Waals surface area contributed by atoms with E-state index < -0.39 is 17.3 Å². The predicted octanol–water partition coefficient (Wildman–Crippen LogP) is 2.42. The summed E-state index contributed by atoms with van der Waals surface area (Å²) in [7, 11) is 0. The molecule has 0 atom stereocenters. The van der Waals surface area contributed by atoms with Gasteiger partial charge in [-0.3, -0.25) is 4.79 Å². The number of aryl methyl sites for hydroxylation is 1. The molecule has 18 heavy (non-hydrogen) atoms. The van der Waals surface area contributed by atoms with Crippen molar-refractivity contribution >= 4 is 5.91 Å². The molecular weight excluding hydrogens is 233 g/mol. The lowest BCUT2D eigenvalue weighted by Crippen LogP contribution is -2.50. The summed E-state index contributed by atoms with van der Waals surface area (Å²) < 4.78 is 13.7. The zero-order valence-corrected chi connectivity index (χ0v) is 11.1. The van der Waals surface area contributed by atoms with E-state index in [-0.39, 0.29) is 12.2 Å². The highest BCUT2D eigenvalue weighted by Gasteiger charge is 2.28. The average molecular weight is 253 g/mol. The van der Waals surface area contributed by atoms with Gasteiger partial charge in [-0.25, -0.2) is 4.39 Å². The summed E-state index contributed by atoms with van der Waals surface area (Å²) in [6, 6.07) is 4.48. The second-order valence-electron chi connectivity index (χ2n) is 4.58. The van der Waals surface area contributed by atoms with Crippen LogP contribution in [-0.2, 0) is 0 Å². The van der Waals surface area contributed by atoms with E-state index in [0.29, 0.717) is 12.8 Å². The minimum Gasteiger partial charge on any atom is -0.394 e. The number of aliphatic hydroxyl groups excluding tert-OH is 1. The van der Waals surface area contributed by atoms with Crippen molar-refractivity contribution in [1.29, 1.82) is 0 Å². The number of aliphatic hydroxyl groups is 1. The first-order valence-corrected chi connectivity index (χ1v) is 6.17. The topological polar surface area (TPSA) is 49.3 Å². The molecule has 0 aliphatic heterocycles. The maximum atomic E-state index is 13.7. The number of benzene rings is 1. The first-order valence-electron chi connectivity index (χ1n) is 6.17. The number of rotatable bonds is 5. The third kappa shape index (κ3) is 3.07. The van der Waals surface area contributed by atoms with E-state index in [4.69, 9.17) is 0 Å². The fourth-order valence-corrected chi connectivity index (χ4v) is 1.80. The van der Waals surface area contributed by atoms with Crippen LogP contribution in [0.25, 0.3) is 0 Å². The quantitative estimate of drug-likeness (QED) is 0.846. The van der Waals surface area contributed by atoms with Gasteiger partial charge >= 0.3 is 0 Å². The van der Waals surface area contributed by atoms with Crippen molar-refractivity contribution in [2.24, 2.45) is 0 Å². The number of hydrogen-bond donors (Lipinski definition) is 2. The molecule has 1 amide bonds. The first kappa shape index (κ1) is 14.6. The molecule has 0 aliphatic carbocycles. The van der Waals surface area contributed by atoms with Crippen molar-refractivity contribution in [3.8, 4) is 0 Å². The largest absolute Gasteiger partial charge is 0.394 e. The number of carbonyl (C=O) groups excluding carboxylic acids is 1. The standard InChI is InChI=1S/C14H20FNO2/c1-4-14(5-2,9-17)16-13(18)11-7-6-10(3)8-12(11)15/h6-8,17H,4-5,9H2,1-3H3,(H,16,18). The van der Waals surface area contributed by atoms with E-state index in [1.165, 1.54) is 12.1 Å². The van der Waals surface area contributed by atoms with Gasteiger partial charge in [0.15, 0.2) is 0 Å². The van der Waals surface area contributed by atoms with Crippen LogP contribution in [0.5, 0.6) is 0 Å². The van der Waals surface area contributed by atoms with Gasteiger partial charge in [-0.05, 0) is 37.5 Å². The molecule has 0 aromatic heterocycles. The molecular formula is C14H20FNO2. The Morgan fingerprint density at radius 1 is 1.39 bits per heavy atom. The fourth-order valence-electron chi connectivity index (χ4n) is 1.80. The third-order valence-electron chi connectivity index (χ3n) is 3.40. The molecule has 0 saturated carbocycles. The van der Waals surface area contributed by atoms with E-state index in [9.17, 15) is 14.3 Å². The Balaban J connectivity index is 2.94. The minimum absolute atomic E-state index is 0.0142. The minimum atomic E-state index is -0.672. The summed E-state index contributed by atoms with van der Waals surface area (Å²) in [5.74, 6) is -1.02. The van der Waals surface area contributed by atoms with Crippen molar-refractivity contribution in [3.63, 3.8) is 0 Å². The van der Waals surface area contributed by atoms with Crippen LogP contribution in [0, 0.1) is 12.7 Å². The Hall–Kier alpha value is -1.42. The summed E-state index contributed by atoms with van der Waals surface area (Å²) >= 11 is 0. The number of halogens is 1. The van der Waals surface area contributed by atoms with Crippen LogP contribution in [0.2, 0.25) is 0 Å². The summed E-state index contributed by atoms with van der Waals surface area (Å²) in [5, 5.41) is 12.1. The Morgan fingerprint density at radius 2 is 2.00 bits per heavy atom. The second kappa shape index (κ2) is 5.96. The highest BCUT2D eigenvalue weighted by Crippen LogP contribution is 2.17. The van der Waals surface area contributed by atoms with Crippen molar-refractivity contribution in [2.45, 2.75) is 39.2 Å². The molecule has 2 N–H and O–H groups in total. The lowest BCUT2D eigenvalue weighted by molar-refractivity contribution is 0.0814. The monoisotopic (exact) mass is 253 g/mol. The van der Waals surface area contributed by atoms with Crippen molar-refractivity contribution < 1.29 is 14.3 Å². The molecule has 0 saturated heterocycles. The smallest absolute Gasteiger partial charge is 0.254 e. The maximum absolute atomic E-state index is 13.7. The SMILES string of the molecule is CCC(CC)(CO)NC(=O)c1ccc(C)cc1F. The summed E-state index contributed by atoms with van der Waals surface area (Å²) in [6.07, 6.45) is 1.19. The molecule has 1 aromatic rings. The Morgan fingerprint density at radius 3 is 2.44 bits per heavy atom. The Bertz CT molecular complexity index is 420. The highest BCUT2D eigenvalue weighted by atomic mass is 19.1. The molecule has 100 valence electrons. The van der Waals surface area contributed by atoms with Crippen LogP contribution in [0.3, 0.4) is 0 Å². The van der Waals surface area contributed by atoms with Gasteiger partial charge in [0.1, 0.15) is 5.82 Å². The maximum Gasteiger partial charge on any atom is 0.254 e. The van der Waals surface area contributed by atoms with Gasteiger partial charge < -0.3 is 10.4 Å². The van der Waals surface area contributed by atoms with E-state index >= 15 is 0 Å². The van der Waals surface area contributed by atoms with E-state index in [1.54, 1.807) is 13.0 Å². The van der Waals surface area contributed by atoms with Crippen LogP contribution in [0.1, 0.15) is 42.6 Å². The molecule has 4 heteroatoms. The van der Waals surface area contributed by atoms with Crippen molar-refractivity contribution in [3.05, 3.63) is 35.1 Å². The van der Waals surface area contributed by atoms with Gasteiger partial charge in [-0.15, -0.1) is 0 Å². The second-order valence-corrected chi connectivity index (χ2v) is 4.58. The summed E-state index contributed by atoms with van der Waals surface area (Å²) in [5.41, 5.74) is 0.109. The van der Waals surface area contributed by atoms with Gasteiger partial charge in [0, 0.05) is 0 Å². The Kier molecular flexibility index (Phi) is 4.84.